The highest BCUT2D eigenvalue weighted by Crippen LogP contribution is 2.30. The van der Waals surface area contributed by atoms with Gasteiger partial charge in [0.2, 0.25) is 11.7 Å². The van der Waals surface area contributed by atoms with Gasteiger partial charge in [0.25, 0.3) is 0 Å². The first-order valence-electron chi connectivity index (χ1n) is 8.23. The maximum absolute atomic E-state index is 12.3. The lowest BCUT2D eigenvalue weighted by atomic mass is 10.2. The van der Waals surface area contributed by atoms with Gasteiger partial charge in [0.1, 0.15) is 6.54 Å². The molecule has 2 heterocycles. The SMILES string of the molecule is COc1ccc(-c2nnn(CC(=O)Nc3c(C)nn(C)c3C)n2)cc1OC. The Kier molecular flexibility index (Phi) is 5.06. The number of anilines is 1. The Labute approximate surface area is 156 Å². The summed E-state index contributed by atoms with van der Waals surface area (Å²) in [7, 11) is 4.95. The highest BCUT2D eigenvalue weighted by atomic mass is 16.5. The molecular weight excluding hydrogens is 350 g/mol. The summed E-state index contributed by atoms with van der Waals surface area (Å²) in [6.07, 6.45) is 0. The smallest absolute Gasteiger partial charge is 0.248 e. The molecule has 1 amide bonds. The summed E-state index contributed by atoms with van der Waals surface area (Å²) in [6, 6.07) is 5.31. The van der Waals surface area contributed by atoms with Crippen LogP contribution < -0.4 is 14.8 Å². The van der Waals surface area contributed by atoms with Crippen LogP contribution in [0, 0.1) is 13.8 Å². The summed E-state index contributed by atoms with van der Waals surface area (Å²) in [5, 5.41) is 19.3. The van der Waals surface area contributed by atoms with Crippen LogP contribution in [-0.4, -0.2) is 50.1 Å². The van der Waals surface area contributed by atoms with E-state index in [1.54, 1.807) is 37.1 Å². The van der Waals surface area contributed by atoms with Crippen LogP contribution in [0.15, 0.2) is 18.2 Å². The molecule has 142 valence electrons. The van der Waals surface area contributed by atoms with Gasteiger partial charge in [0, 0.05) is 12.6 Å². The fraction of sp³-hybridized carbons (Fsp3) is 0.353. The molecule has 0 aliphatic carbocycles. The highest BCUT2D eigenvalue weighted by Gasteiger charge is 2.15. The molecule has 0 bridgehead atoms. The molecule has 0 fully saturated rings. The number of nitrogens with one attached hydrogen (secondary N) is 1. The normalized spacial score (nSPS) is 10.7. The summed E-state index contributed by atoms with van der Waals surface area (Å²) in [5.74, 6) is 1.30. The second-order valence-electron chi connectivity index (χ2n) is 5.93. The van der Waals surface area contributed by atoms with Crippen LogP contribution in [0.3, 0.4) is 0 Å². The van der Waals surface area contributed by atoms with E-state index < -0.39 is 0 Å². The molecule has 10 heteroatoms. The zero-order valence-corrected chi connectivity index (χ0v) is 15.8. The monoisotopic (exact) mass is 371 g/mol. The van der Waals surface area contributed by atoms with Gasteiger partial charge < -0.3 is 14.8 Å². The molecule has 27 heavy (non-hydrogen) atoms. The number of ether oxygens (including phenoxy) is 2. The maximum atomic E-state index is 12.3. The van der Waals surface area contributed by atoms with Crippen LogP contribution in [0.4, 0.5) is 5.69 Å². The first kappa shape index (κ1) is 18.4. The van der Waals surface area contributed by atoms with E-state index in [1.165, 1.54) is 4.80 Å². The minimum atomic E-state index is -0.259. The van der Waals surface area contributed by atoms with Crippen molar-refractivity contribution in [2.75, 3.05) is 19.5 Å². The van der Waals surface area contributed by atoms with Crippen LogP contribution >= 0.6 is 0 Å². The lowest BCUT2D eigenvalue weighted by Crippen LogP contribution is -2.21. The minimum Gasteiger partial charge on any atom is -0.493 e. The molecule has 1 aromatic carbocycles. The predicted octanol–water partition coefficient (Wildman–Crippen LogP) is 1.35. The Morgan fingerprint density at radius 1 is 1.15 bits per heavy atom. The molecule has 0 spiro atoms. The zero-order chi connectivity index (χ0) is 19.6. The van der Waals surface area contributed by atoms with Crippen LogP contribution in [0.25, 0.3) is 11.4 Å². The number of carbonyl (C=O) groups excluding carboxylic acids is 1. The molecule has 0 atom stereocenters. The number of tetrazole rings is 1. The van der Waals surface area contributed by atoms with E-state index in [1.807, 2.05) is 20.9 Å². The van der Waals surface area contributed by atoms with Gasteiger partial charge in [0.05, 0.1) is 31.3 Å². The Bertz CT molecular complexity index is 977. The van der Waals surface area contributed by atoms with Gasteiger partial charge >= 0.3 is 0 Å². The van der Waals surface area contributed by atoms with E-state index >= 15 is 0 Å². The number of carbonyl (C=O) groups is 1. The van der Waals surface area contributed by atoms with E-state index in [-0.39, 0.29) is 12.5 Å². The predicted molar refractivity (Wildman–Crippen MR) is 97.7 cm³/mol. The van der Waals surface area contributed by atoms with E-state index in [0.717, 1.165) is 11.4 Å². The Morgan fingerprint density at radius 3 is 2.52 bits per heavy atom. The third kappa shape index (κ3) is 3.73. The molecule has 0 saturated heterocycles. The van der Waals surface area contributed by atoms with Gasteiger partial charge in [-0.1, -0.05) is 0 Å². The third-order valence-electron chi connectivity index (χ3n) is 4.15. The van der Waals surface area contributed by atoms with Crippen molar-refractivity contribution in [3.8, 4) is 22.9 Å². The van der Waals surface area contributed by atoms with Gasteiger partial charge in [-0.15, -0.1) is 10.2 Å². The average molecular weight is 371 g/mol. The van der Waals surface area contributed by atoms with Crippen LogP contribution in [-0.2, 0) is 18.4 Å². The molecule has 0 saturated carbocycles. The topological polar surface area (TPSA) is 109 Å². The summed E-state index contributed by atoms with van der Waals surface area (Å²) in [6.45, 7) is 3.66. The van der Waals surface area contributed by atoms with Crippen molar-refractivity contribution in [2.45, 2.75) is 20.4 Å². The van der Waals surface area contributed by atoms with Crippen molar-refractivity contribution < 1.29 is 14.3 Å². The average Bonchev–Trinajstić information content (AvgIpc) is 3.21. The van der Waals surface area contributed by atoms with Gasteiger partial charge in [-0.2, -0.15) is 9.90 Å². The number of rotatable bonds is 6. The van der Waals surface area contributed by atoms with Crippen molar-refractivity contribution in [1.29, 1.82) is 0 Å². The number of aryl methyl sites for hydroxylation is 2. The third-order valence-corrected chi connectivity index (χ3v) is 4.15. The lowest BCUT2D eigenvalue weighted by molar-refractivity contribution is -0.117. The maximum Gasteiger partial charge on any atom is 0.248 e. The molecule has 0 radical (unpaired) electrons. The van der Waals surface area contributed by atoms with Crippen molar-refractivity contribution in [1.82, 2.24) is 30.0 Å². The number of amides is 1. The molecular formula is C17H21N7O3. The first-order valence-corrected chi connectivity index (χ1v) is 8.23. The highest BCUT2D eigenvalue weighted by molar-refractivity contribution is 5.91. The van der Waals surface area contributed by atoms with E-state index in [9.17, 15) is 4.79 Å². The summed E-state index contributed by atoms with van der Waals surface area (Å²) in [5.41, 5.74) is 3.03. The van der Waals surface area contributed by atoms with Gasteiger partial charge in [-0.3, -0.25) is 9.48 Å². The van der Waals surface area contributed by atoms with Gasteiger partial charge in [-0.25, -0.2) is 0 Å². The van der Waals surface area contributed by atoms with Crippen molar-refractivity contribution in [2.24, 2.45) is 7.05 Å². The fourth-order valence-corrected chi connectivity index (χ4v) is 2.66. The molecule has 0 unspecified atom stereocenters. The van der Waals surface area contributed by atoms with Gasteiger partial charge in [0.15, 0.2) is 11.5 Å². The quantitative estimate of drug-likeness (QED) is 0.696. The van der Waals surface area contributed by atoms with Crippen LogP contribution in [0.2, 0.25) is 0 Å². The minimum absolute atomic E-state index is 0.0614. The van der Waals surface area contributed by atoms with Gasteiger partial charge in [-0.05, 0) is 37.3 Å². The molecule has 3 aromatic rings. The number of benzene rings is 1. The zero-order valence-electron chi connectivity index (χ0n) is 15.8. The second-order valence-corrected chi connectivity index (χ2v) is 5.93. The Morgan fingerprint density at radius 2 is 1.89 bits per heavy atom. The number of nitrogens with zero attached hydrogens (tertiary/aromatic N) is 6. The fourth-order valence-electron chi connectivity index (χ4n) is 2.66. The van der Waals surface area contributed by atoms with E-state index in [2.05, 4.69) is 25.8 Å². The summed E-state index contributed by atoms with van der Waals surface area (Å²) >= 11 is 0. The standard InChI is InChI=1S/C17H21N7O3/c1-10-16(11(2)23(3)20-10)18-15(25)9-24-21-17(19-22-24)12-6-7-13(26-4)14(8-12)27-5/h6-8H,9H2,1-5H3,(H,18,25). The van der Waals surface area contributed by atoms with Crippen LogP contribution in [0.5, 0.6) is 11.5 Å². The molecule has 1 N–H and O–H groups in total. The van der Waals surface area contributed by atoms with E-state index in [4.69, 9.17) is 9.47 Å². The molecule has 0 aliphatic rings. The van der Waals surface area contributed by atoms with Crippen molar-refractivity contribution in [3.63, 3.8) is 0 Å². The first-order chi connectivity index (χ1) is 12.9. The lowest BCUT2D eigenvalue weighted by Gasteiger charge is -2.07. The molecule has 10 nitrogen and oxygen atoms in total. The number of hydrogen-bond donors (Lipinski definition) is 1. The second kappa shape index (κ2) is 7.44. The number of aromatic nitrogens is 6. The largest absolute Gasteiger partial charge is 0.493 e. The van der Waals surface area contributed by atoms with E-state index in [0.29, 0.717) is 28.6 Å². The van der Waals surface area contributed by atoms with Crippen LogP contribution in [0.1, 0.15) is 11.4 Å². The number of hydrogen-bond acceptors (Lipinski definition) is 7. The summed E-state index contributed by atoms with van der Waals surface area (Å²) < 4.78 is 12.2. The summed E-state index contributed by atoms with van der Waals surface area (Å²) in [4.78, 5) is 13.6. The molecule has 3 rings (SSSR count). The van der Waals surface area contributed by atoms with Crippen molar-refractivity contribution >= 4 is 11.6 Å². The van der Waals surface area contributed by atoms with Crippen molar-refractivity contribution in [3.05, 3.63) is 29.6 Å². The number of methoxy groups -OCH3 is 2. The Balaban J connectivity index is 1.73. The molecule has 0 aliphatic heterocycles. The Hall–Kier alpha value is -3.43. The molecule has 2 aromatic heterocycles.